The number of hydrogen-bond acceptors (Lipinski definition) is 6. The fourth-order valence-electron chi connectivity index (χ4n) is 3.31. The van der Waals surface area contributed by atoms with Crippen molar-refractivity contribution in [2.24, 2.45) is 0 Å². The Morgan fingerprint density at radius 2 is 1.90 bits per heavy atom. The van der Waals surface area contributed by atoms with E-state index in [9.17, 15) is 8.42 Å². The van der Waals surface area contributed by atoms with E-state index in [1.54, 1.807) is 35.2 Å². The molecule has 0 fully saturated rings. The molecule has 3 aromatic heterocycles. The van der Waals surface area contributed by atoms with E-state index in [4.69, 9.17) is 0 Å². The van der Waals surface area contributed by atoms with Gasteiger partial charge in [-0.1, -0.05) is 18.2 Å². The molecule has 8 nitrogen and oxygen atoms in total. The number of sulfone groups is 1. The summed E-state index contributed by atoms with van der Waals surface area (Å²) < 4.78 is 26.1. The van der Waals surface area contributed by atoms with Crippen LogP contribution in [0.2, 0.25) is 0 Å². The zero-order chi connectivity index (χ0) is 20.0. The van der Waals surface area contributed by atoms with Gasteiger partial charge in [-0.15, -0.1) is 5.10 Å². The molecule has 0 saturated heterocycles. The van der Waals surface area contributed by atoms with E-state index in [1.165, 1.54) is 6.26 Å². The van der Waals surface area contributed by atoms with Gasteiger partial charge in [-0.25, -0.2) is 22.9 Å². The normalized spacial score (nSPS) is 11.9. The number of hydrogen-bond donors (Lipinski definition) is 2. The number of aromatic amines is 1. The van der Waals surface area contributed by atoms with Gasteiger partial charge in [0.15, 0.2) is 9.84 Å². The largest absolute Gasteiger partial charge is 0.345 e. The average molecular weight is 404 g/mol. The van der Waals surface area contributed by atoms with Crippen molar-refractivity contribution < 1.29 is 8.42 Å². The standard InChI is InChI=1S/C20H16N6O2S/c1-29(27,28)19-5-3-2-4-15(19)18-9-7-14-11-21-20(25-26(14)18)24-13-6-8-16-17(10-13)23-12-22-16/h2-12H,1H3,(H,22,23)(H,24,25). The Balaban J connectivity index is 1.59. The van der Waals surface area contributed by atoms with Gasteiger partial charge in [-0.2, -0.15) is 0 Å². The first-order chi connectivity index (χ1) is 14.0. The Labute approximate surface area is 166 Å². The van der Waals surface area contributed by atoms with Gasteiger partial charge in [-0.3, -0.25) is 0 Å². The highest BCUT2D eigenvalue weighted by atomic mass is 32.2. The second-order valence-electron chi connectivity index (χ2n) is 6.66. The molecular weight excluding hydrogens is 388 g/mol. The molecule has 9 heteroatoms. The molecule has 0 atom stereocenters. The molecule has 29 heavy (non-hydrogen) atoms. The summed E-state index contributed by atoms with van der Waals surface area (Å²) in [6, 6.07) is 16.3. The number of fused-ring (bicyclic) bond motifs is 2. The van der Waals surface area contributed by atoms with Crippen LogP contribution < -0.4 is 5.32 Å². The summed E-state index contributed by atoms with van der Waals surface area (Å²) in [5, 5.41) is 7.75. The van der Waals surface area contributed by atoms with Crippen molar-refractivity contribution in [1.82, 2.24) is 24.6 Å². The van der Waals surface area contributed by atoms with Crippen molar-refractivity contribution in [2.75, 3.05) is 11.6 Å². The van der Waals surface area contributed by atoms with Crippen molar-refractivity contribution in [1.29, 1.82) is 0 Å². The smallest absolute Gasteiger partial charge is 0.245 e. The molecule has 2 aromatic carbocycles. The van der Waals surface area contributed by atoms with E-state index >= 15 is 0 Å². The van der Waals surface area contributed by atoms with Crippen molar-refractivity contribution >= 4 is 38.0 Å². The van der Waals surface area contributed by atoms with Crippen LogP contribution in [0, 0.1) is 0 Å². The average Bonchev–Trinajstić information content (AvgIpc) is 3.33. The minimum absolute atomic E-state index is 0.262. The second kappa shape index (κ2) is 6.42. The summed E-state index contributed by atoms with van der Waals surface area (Å²) in [5.41, 5.74) is 4.62. The Hall–Kier alpha value is -3.72. The summed E-state index contributed by atoms with van der Waals surface area (Å²) in [4.78, 5) is 11.9. The molecule has 0 unspecified atom stereocenters. The molecule has 0 amide bonds. The molecular formula is C20H16N6O2S. The van der Waals surface area contributed by atoms with Gasteiger partial charge in [0, 0.05) is 17.5 Å². The first-order valence-electron chi connectivity index (χ1n) is 8.83. The summed E-state index contributed by atoms with van der Waals surface area (Å²) in [6.07, 6.45) is 4.54. The third-order valence-electron chi connectivity index (χ3n) is 4.64. The Morgan fingerprint density at radius 1 is 1.03 bits per heavy atom. The lowest BCUT2D eigenvalue weighted by Crippen LogP contribution is -2.05. The highest BCUT2D eigenvalue weighted by molar-refractivity contribution is 7.90. The van der Waals surface area contributed by atoms with Crippen LogP contribution in [-0.4, -0.2) is 39.2 Å². The number of anilines is 2. The molecule has 144 valence electrons. The first kappa shape index (κ1) is 17.4. The van der Waals surface area contributed by atoms with Crippen LogP contribution in [0.3, 0.4) is 0 Å². The number of nitrogens with one attached hydrogen (secondary N) is 2. The number of rotatable bonds is 4. The van der Waals surface area contributed by atoms with E-state index in [1.807, 2.05) is 36.4 Å². The van der Waals surface area contributed by atoms with Gasteiger partial charge in [-0.05, 0) is 36.4 Å². The molecule has 0 aliphatic carbocycles. The van der Waals surface area contributed by atoms with E-state index < -0.39 is 9.84 Å². The number of benzene rings is 2. The lowest BCUT2D eigenvalue weighted by Gasteiger charge is -2.09. The van der Waals surface area contributed by atoms with Crippen LogP contribution >= 0.6 is 0 Å². The quantitative estimate of drug-likeness (QED) is 0.476. The van der Waals surface area contributed by atoms with Gasteiger partial charge in [0.1, 0.15) is 0 Å². The molecule has 0 spiro atoms. The van der Waals surface area contributed by atoms with Gasteiger partial charge in [0.25, 0.3) is 0 Å². The van der Waals surface area contributed by atoms with E-state index in [0.717, 1.165) is 22.2 Å². The van der Waals surface area contributed by atoms with Crippen molar-refractivity contribution in [2.45, 2.75) is 4.90 Å². The number of imidazole rings is 1. The molecule has 0 radical (unpaired) electrons. The highest BCUT2D eigenvalue weighted by Crippen LogP contribution is 2.29. The Morgan fingerprint density at radius 3 is 2.76 bits per heavy atom. The predicted molar refractivity (Wildman–Crippen MR) is 111 cm³/mol. The topological polar surface area (TPSA) is 105 Å². The maximum atomic E-state index is 12.2. The summed E-state index contributed by atoms with van der Waals surface area (Å²) in [5.74, 6) is 0.394. The van der Waals surface area contributed by atoms with Crippen molar-refractivity contribution in [3.8, 4) is 11.3 Å². The maximum Gasteiger partial charge on any atom is 0.245 e. The highest BCUT2D eigenvalue weighted by Gasteiger charge is 2.17. The third kappa shape index (κ3) is 3.11. The maximum absolute atomic E-state index is 12.2. The molecule has 5 aromatic rings. The van der Waals surface area contributed by atoms with Crippen LogP contribution in [-0.2, 0) is 9.84 Å². The van der Waals surface area contributed by atoms with Gasteiger partial charge < -0.3 is 10.3 Å². The van der Waals surface area contributed by atoms with Crippen molar-refractivity contribution in [3.05, 3.63) is 67.1 Å². The molecule has 2 N–H and O–H groups in total. The van der Waals surface area contributed by atoms with Crippen molar-refractivity contribution in [3.63, 3.8) is 0 Å². The van der Waals surface area contributed by atoms with Crippen LogP contribution in [0.5, 0.6) is 0 Å². The Bertz CT molecular complexity index is 1470. The lowest BCUT2D eigenvalue weighted by atomic mass is 10.1. The number of H-pyrrole nitrogens is 1. The first-order valence-corrected chi connectivity index (χ1v) is 10.7. The number of aromatic nitrogens is 5. The minimum Gasteiger partial charge on any atom is -0.345 e. The zero-order valence-electron chi connectivity index (χ0n) is 15.4. The second-order valence-corrected chi connectivity index (χ2v) is 8.65. The molecule has 0 aliphatic rings. The zero-order valence-corrected chi connectivity index (χ0v) is 16.2. The lowest BCUT2D eigenvalue weighted by molar-refractivity contribution is 0.602. The van der Waals surface area contributed by atoms with Crippen LogP contribution in [0.4, 0.5) is 11.6 Å². The molecule has 5 rings (SSSR count). The van der Waals surface area contributed by atoms with E-state index in [0.29, 0.717) is 17.2 Å². The van der Waals surface area contributed by atoms with Crippen LogP contribution in [0.1, 0.15) is 0 Å². The third-order valence-corrected chi connectivity index (χ3v) is 5.79. The van der Waals surface area contributed by atoms with Crippen LogP contribution in [0.15, 0.2) is 72.0 Å². The minimum atomic E-state index is -3.38. The molecule has 0 saturated carbocycles. The predicted octanol–water partition coefficient (Wildman–Crippen LogP) is 3.42. The Kier molecular flexibility index (Phi) is 3.85. The van der Waals surface area contributed by atoms with Gasteiger partial charge in [0.2, 0.25) is 5.95 Å². The monoisotopic (exact) mass is 404 g/mol. The summed E-state index contributed by atoms with van der Waals surface area (Å²) in [6.45, 7) is 0. The molecule has 0 bridgehead atoms. The SMILES string of the molecule is CS(=O)(=O)c1ccccc1-c1ccc2cnc(Nc3ccc4nc[nH]c4c3)nn12. The van der Waals surface area contributed by atoms with E-state index in [2.05, 4.69) is 25.4 Å². The van der Waals surface area contributed by atoms with E-state index in [-0.39, 0.29) is 4.90 Å². The molecule has 0 aliphatic heterocycles. The molecule has 3 heterocycles. The van der Waals surface area contributed by atoms with Gasteiger partial charge >= 0.3 is 0 Å². The summed E-state index contributed by atoms with van der Waals surface area (Å²) in [7, 11) is -3.38. The van der Waals surface area contributed by atoms with Crippen LogP contribution in [0.25, 0.3) is 27.8 Å². The summed E-state index contributed by atoms with van der Waals surface area (Å²) >= 11 is 0. The fourth-order valence-corrected chi connectivity index (χ4v) is 4.20. The fraction of sp³-hybridized carbons (Fsp3) is 0.0500. The number of nitrogens with zero attached hydrogens (tertiary/aromatic N) is 4. The van der Waals surface area contributed by atoms with Gasteiger partial charge in [0.05, 0.1) is 39.7 Å².